The Labute approximate surface area is 166 Å². The topological polar surface area (TPSA) is 50.8 Å². The Kier molecular flexibility index (Phi) is 8.00. The molecule has 0 saturated carbocycles. The van der Waals surface area contributed by atoms with Crippen molar-refractivity contribution in [3.05, 3.63) is 54.1 Å². The second-order valence-electron chi connectivity index (χ2n) is 6.40. The summed E-state index contributed by atoms with van der Waals surface area (Å²) in [7, 11) is 7.30. The van der Waals surface area contributed by atoms with Crippen molar-refractivity contribution in [2.75, 3.05) is 34.9 Å². The van der Waals surface area contributed by atoms with Crippen LogP contribution in [-0.4, -0.2) is 50.9 Å². The van der Waals surface area contributed by atoms with Gasteiger partial charge in [-0.15, -0.1) is 11.8 Å². The predicted molar refractivity (Wildman–Crippen MR) is 111 cm³/mol. The third-order valence-corrected chi connectivity index (χ3v) is 5.44. The molecule has 2 rings (SSSR count). The Bertz CT molecular complexity index is 734. The quantitative estimate of drug-likeness (QED) is 0.665. The number of hydrogen-bond acceptors (Lipinski definition) is 5. The minimum Gasteiger partial charge on any atom is -0.497 e. The number of thioether (sulfide) groups is 1. The summed E-state index contributed by atoms with van der Waals surface area (Å²) in [5.74, 6) is 1.64. The Morgan fingerprint density at radius 1 is 1.07 bits per heavy atom. The van der Waals surface area contributed by atoms with E-state index in [1.54, 1.807) is 14.2 Å². The van der Waals surface area contributed by atoms with Gasteiger partial charge in [0.2, 0.25) is 5.91 Å². The fourth-order valence-electron chi connectivity index (χ4n) is 2.77. The van der Waals surface area contributed by atoms with Crippen molar-refractivity contribution in [2.24, 2.45) is 0 Å². The summed E-state index contributed by atoms with van der Waals surface area (Å²) in [6, 6.07) is 15.7. The minimum atomic E-state index is -0.195. The van der Waals surface area contributed by atoms with Gasteiger partial charge >= 0.3 is 0 Å². The maximum Gasteiger partial charge on any atom is 0.233 e. The number of benzene rings is 2. The van der Waals surface area contributed by atoms with Gasteiger partial charge in [0.25, 0.3) is 0 Å². The number of ether oxygens (including phenoxy) is 2. The van der Waals surface area contributed by atoms with Gasteiger partial charge in [-0.25, -0.2) is 0 Å². The molecule has 2 atom stereocenters. The minimum absolute atomic E-state index is 0.0116. The van der Waals surface area contributed by atoms with Crippen molar-refractivity contribution in [1.29, 1.82) is 0 Å². The molecule has 0 aromatic heterocycles. The summed E-state index contributed by atoms with van der Waals surface area (Å²) < 4.78 is 10.6. The van der Waals surface area contributed by atoms with E-state index < -0.39 is 0 Å². The molecule has 1 N–H and O–H groups in total. The van der Waals surface area contributed by atoms with E-state index in [1.807, 2.05) is 69.6 Å². The Morgan fingerprint density at radius 3 is 2.33 bits per heavy atom. The number of likely N-dealkylation sites (N-methyl/N-ethyl adjacent to an activating group) is 1. The van der Waals surface area contributed by atoms with Crippen LogP contribution in [0, 0.1) is 0 Å². The molecule has 6 heteroatoms. The van der Waals surface area contributed by atoms with E-state index in [9.17, 15) is 4.79 Å². The van der Waals surface area contributed by atoms with Crippen molar-refractivity contribution in [1.82, 2.24) is 10.2 Å². The van der Waals surface area contributed by atoms with Crippen molar-refractivity contribution in [3.8, 4) is 11.5 Å². The lowest BCUT2D eigenvalue weighted by atomic mass is 10.0. The van der Waals surface area contributed by atoms with Gasteiger partial charge in [0.15, 0.2) is 0 Å². The molecule has 146 valence electrons. The standard InChI is InChI=1S/C21H28N2O3S/c1-15(27-17-12-10-16(25-4)11-13-17)21(24)22-14-19(23(2)3)18-8-6-7-9-20(18)26-5/h6-13,15,19H,14H2,1-5H3,(H,22,24). The molecule has 0 fully saturated rings. The Balaban J connectivity index is 1.98. The molecule has 0 radical (unpaired) electrons. The van der Waals surface area contributed by atoms with Crippen LogP contribution < -0.4 is 14.8 Å². The van der Waals surface area contributed by atoms with E-state index in [0.29, 0.717) is 6.54 Å². The first-order valence-electron chi connectivity index (χ1n) is 8.84. The summed E-state index contributed by atoms with van der Waals surface area (Å²) in [6.45, 7) is 2.43. The number of carbonyl (C=O) groups is 1. The molecule has 2 aromatic rings. The molecule has 0 aliphatic carbocycles. The molecule has 0 saturated heterocycles. The predicted octanol–water partition coefficient (Wildman–Crippen LogP) is 3.60. The van der Waals surface area contributed by atoms with Gasteiger partial charge in [-0.1, -0.05) is 18.2 Å². The molecular weight excluding hydrogens is 360 g/mol. The Morgan fingerprint density at radius 2 is 1.74 bits per heavy atom. The molecule has 0 heterocycles. The second kappa shape index (κ2) is 10.2. The number of para-hydroxylation sites is 1. The van der Waals surface area contributed by atoms with Crippen molar-refractivity contribution < 1.29 is 14.3 Å². The average molecular weight is 389 g/mol. The fraction of sp³-hybridized carbons (Fsp3) is 0.381. The monoisotopic (exact) mass is 388 g/mol. The summed E-state index contributed by atoms with van der Waals surface area (Å²) in [4.78, 5) is 15.7. The van der Waals surface area contributed by atoms with Crippen LogP contribution >= 0.6 is 11.8 Å². The molecule has 2 unspecified atom stereocenters. The lowest BCUT2D eigenvalue weighted by molar-refractivity contribution is -0.120. The number of nitrogens with zero attached hydrogens (tertiary/aromatic N) is 1. The van der Waals surface area contributed by atoms with E-state index in [-0.39, 0.29) is 17.2 Å². The number of amides is 1. The third kappa shape index (κ3) is 5.91. The summed E-state index contributed by atoms with van der Waals surface area (Å²) >= 11 is 1.53. The van der Waals surface area contributed by atoms with E-state index in [1.165, 1.54) is 11.8 Å². The normalized spacial score (nSPS) is 13.1. The fourth-order valence-corrected chi connectivity index (χ4v) is 3.66. The largest absolute Gasteiger partial charge is 0.497 e. The highest BCUT2D eigenvalue weighted by atomic mass is 32.2. The lowest BCUT2D eigenvalue weighted by Gasteiger charge is -2.27. The van der Waals surface area contributed by atoms with Gasteiger partial charge in [0, 0.05) is 17.0 Å². The van der Waals surface area contributed by atoms with E-state index >= 15 is 0 Å². The zero-order valence-electron chi connectivity index (χ0n) is 16.6. The molecule has 1 amide bonds. The highest BCUT2D eigenvalue weighted by Gasteiger charge is 2.21. The van der Waals surface area contributed by atoms with Crippen LogP contribution in [0.5, 0.6) is 11.5 Å². The van der Waals surface area contributed by atoms with Gasteiger partial charge in [-0.2, -0.15) is 0 Å². The van der Waals surface area contributed by atoms with Gasteiger partial charge in [0.05, 0.1) is 25.5 Å². The zero-order chi connectivity index (χ0) is 19.8. The van der Waals surface area contributed by atoms with Gasteiger partial charge in [-0.05, 0) is 51.4 Å². The van der Waals surface area contributed by atoms with Crippen LogP contribution in [0.4, 0.5) is 0 Å². The first-order valence-corrected chi connectivity index (χ1v) is 9.72. The lowest BCUT2D eigenvalue weighted by Crippen LogP contribution is -2.38. The van der Waals surface area contributed by atoms with Crippen molar-refractivity contribution in [2.45, 2.75) is 23.1 Å². The smallest absolute Gasteiger partial charge is 0.233 e. The van der Waals surface area contributed by atoms with E-state index in [2.05, 4.69) is 10.2 Å². The molecule has 0 aliphatic heterocycles. The van der Waals surface area contributed by atoms with Crippen LogP contribution in [0.2, 0.25) is 0 Å². The van der Waals surface area contributed by atoms with Crippen LogP contribution in [0.3, 0.4) is 0 Å². The third-order valence-electron chi connectivity index (χ3n) is 4.33. The summed E-state index contributed by atoms with van der Waals surface area (Å²) in [5, 5.41) is 2.88. The molecule has 0 spiro atoms. The average Bonchev–Trinajstić information content (AvgIpc) is 2.68. The maximum absolute atomic E-state index is 12.6. The number of methoxy groups -OCH3 is 2. The Hall–Kier alpha value is -2.18. The molecule has 2 aromatic carbocycles. The first-order chi connectivity index (χ1) is 13.0. The van der Waals surface area contributed by atoms with Crippen molar-refractivity contribution >= 4 is 17.7 Å². The second-order valence-corrected chi connectivity index (χ2v) is 7.82. The molecule has 0 aliphatic rings. The maximum atomic E-state index is 12.6. The molecule has 5 nitrogen and oxygen atoms in total. The van der Waals surface area contributed by atoms with Crippen LogP contribution in [0.15, 0.2) is 53.4 Å². The molecule has 27 heavy (non-hydrogen) atoms. The van der Waals surface area contributed by atoms with Crippen LogP contribution in [0.1, 0.15) is 18.5 Å². The van der Waals surface area contributed by atoms with E-state index in [4.69, 9.17) is 9.47 Å². The zero-order valence-corrected chi connectivity index (χ0v) is 17.4. The highest BCUT2D eigenvalue weighted by Crippen LogP contribution is 2.28. The van der Waals surface area contributed by atoms with Crippen LogP contribution in [-0.2, 0) is 4.79 Å². The van der Waals surface area contributed by atoms with Gasteiger partial charge < -0.3 is 19.7 Å². The number of carbonyl (C=O) groups excluding carboxylic acids is 1. The molecular formula is C21H28N2O3S. The number of hydrogen-bond donors (Lipinski definition) is 1. The summed E-state index contributed by atoms with van der Waals surface area (Å²) in [5.41, 5.74) is 1.06. The number of rotatable bonds is 9. The number of nitrogens with one attached hydrogen (secondary N) is 1. The SMILES string of the molecule is COc1ccc(SC(C)C(=O)NCC(c2ccccc2OC)N(C)C)cc1. The van der Waals surface area contributed by atoms with Gasteiger partial charge in [-0.3, -0.25) is 4.79 Å². The van der Waals surface area contributed by atoms with Crippen LogP contribution in [0.25, 0.3) is 0 Å². The van der Waals surface area contributed by atoms with E-state index in [0.717, 1.165) is 22.0 Å². The van der Waals surface area contributed by atoms with Crippen molar-refractivity contribution in [3.63, 3.8) is 0 Å². The molecule has 0 bridgehead atoms. The van der Waals surface area contributed by atoms with Gasteiger partial charge in [0.1, 0.15) is 11.5 Å². The first kappa shape index (κ1) is 21.1. The summed E-state index contributed by atoms with van der Waals surface area (Å²) in [6.07, 6.45) is 0. The highest BCUT2D eigenvalue weighted by molar-refractivity contribution is 8.00.